The Morgan fingerprint density at radius 1 is 1.00 bits per heavy atom. The summed E-state index contributed by atoms with van der Waals surface area (Å²) in [6, 6.07) is 20.1. The number of nitrogens with zero attached hydrogens (tertiary/aromatic N) is 1. The molecule has 0 bridgehead atoms. The van der Waals surface area contributed by atoms with Gasteiger partial charge in [-0.3, -0.25) is 9.59 Å². The molecule has 138 valence electrons. The molecule has 0 radical (unpaired) electrons. The molecule has 1 unspecified atom stereocenters. The molecule has 0 aromatic heterocycles. The highest BCUT2D eigenvalue weighted by molar-refractivity contribution is 6.30. The van der Waals surface area contributed by atoms with Crippen molar-refractivity contribution in [1.82, 2.24) is 0 Å². The molecule has 3 aromatic rings. The molecule has 3 rings (SSSR count). The van der Waals surface area contributed by atoms with Crippen LogP contribution in [0.25, 0.3) is 10.8 Å². The molecule has 0 heterocycles. The lowest BCUT2D eigenvalue weighted by Crippen LogP contribution is -2.39. The summed E-state index contributed by atoms with van der Waals surface area (Å²) >= 11 is 5.95. The van der Waals surface area contributed by atoms with Crippen molar-refractivity contribution >= 4 is 39.9 Å². The Bertz CT molecular complexity index is 963. The summed E-state index contributed by atoms with van der Waals surface area (Å²) in [7, 11) is 0. The van der Waals surface area contributed by atoms with Crippen molar-refractivity contribution in [2.45, 2.75) is 25.8 Å². The van der Waals surface area contributed by atoms with Gasteiger partial charge in [0.25, 0.3) is 5.91 Å². The van der Waals surface area contributed by atoms with Crippen molar-refractivity contribution in [2.24, 2.45) is 0 Å². The molecule has 0 saturated carbocycles. The fourth-order valence-corrected chi connectivity index (χ4v) is 3.28. The predicted molar refractivity (Wildman–Crippen MR) is 109 cm³/mol. The molecule has 0 spiro atoms. The third-order valence-corrected chi connectivity index (χ3v) is 4.80. The molecule has 4 nitrogen and oxygen atoms in total. The average Bonchev–Trinajstić information content (AvgIpc) is 2.67. The Hall–Kier alpha value is -2.85. The highest BCUT2D eigenvalue weighted by Gasteiger charge is 2.25. The SMILES string of the molecule is CC(CCC(=O)O)N(C(=O)c1ccc(Cl)cc1)c1cccc2ccccc12. The second kappa shape index (κ2) is 8.23. The highest BCUT2D eigenvalue weighted by Crippen LogP contribution is 2.30. The van der Waals surface area contributed by atoms with Gasteiger partial charge < -0.3 is 10.0 Å². The predicted octanol–water partition coefficient (Wildman–Crippen LogP) is 5.39. The number of carboxylic acids is 1. The van der Waals surface area contributed by atoms with Gasteiger partial charge in [0.15, 0.2) is 0 Å². The zero-order valence-electron chi connectivity index (χ0n) is 14.9. The van der Waals surface area contributed by atoms with Gasteiger partial charge in [0.1, 0.15) is 0 Å². The van der Waals surface area contributed by atoms with Crippen LogP contribution in [-0.2, 0) is 4.79 Å². The van der Waals surface area contributed by atoms with E-state index in [0.717, 1.165) is 16.5 Å². The number of fused-ring (bicyclic) bond motifs is 1. The molecule has 0 aliphatic heterocycles. The van der Waals surface area contributed by atoms with E-state index in [2.05, 4.69) is 0 Å². The largest absolute Gasteiger partial charge is 0.481 e. The van der Waals surface area contributed by atoms with E-state index < -0.39 is 5.97 Å². The topological polar surface area (TPSA) is 57.6 Å². The number of carboxylic acid groups (broad SMARTS) is 1. The second-order valence-corrected chi connectivity index (χ2v) is 6.90. The van der Waals surface area contributed by atoms with Gasteiger partial charge in [-0.2, -0.15) is 0 Å². The number of amides is 1. The van der Waals surface area contributed by atoms with Gasteiger partial charge in [-0.25, -0.2) is 0 Å². The zero-order chi connectivity index (χ0) is 19.4. The van der Waals surface area contributed by atoms with E-state index in [1.54, 1.807) is 29.2 Å². The smallest absolute Gasteiger partial charge is 0.303 e. The van der Waals surface area contributed by atoms with Gasteiger partial charge in [-0.15, -0.1) is 0 Å². The first-order chi connectivity index (χ1) is 13.0. The molecule has 0 saturated heterocycles. The van der Waals surface area contributed by atoms with E-state index in [4.69, 9.17) is 16.7 Å². The Balaban J connectivity index is 2.07. The lowest BCUT2D eigenvalue weighted by atomic mass is 10.0. The summed E-state index contributed by atoms with van der Waals surface area (Å²) in [5.74, 6) is -1.06. The number of aliphatic carboxylic acids is 1. The first-order valence-electron chi connectivity index (χ1n) is 8.76. The summed E-state index contributed by atoms with van der Waals surface area (Å²) < 4.78 is 0. The molecule has 1 atom stereocenters. The van der Waals surface area contributed by atoms with E-state index in [1.165, 1.54) is 0 Å². The molecule has 27 heavy (non-hydrogen) atoms. The van der Waals surface area contributed by atoms with Crippen molar-refractivity contribution in [3.8, 4) is 0 Å². The Morgan fingerprint density at radius 2 is 1.67 bits per heavy atom. The fraction of sp³-hybridized carbons (Fsp3) is 0.182. The monoisotopic (exact) mass is 381 g/mol. The number of halogens is 1. The molecular formula is C22H20ClNO3. The van der Waals surface area contributed by atoms with Crippen LogP contribution in [0.1, 0.15) is 30.1 Å². The third kappa shape index (κ3) is 4.29. The summed E-state index contributed by atoms with van der Waals surface area (Å²) in [6.45, 7) is 1.87. The van der Waals surface area contributed by atoms with Crippen molar-refractivity contribution in [1.29, 1.82) is 0 Å². The molecule has 0 aliphatic carbocycles. The van der Waals surface area contributed by atoms with E-state index >= 15 is 0 Å². The van der Waals surface area contributed by atoms with Gasteiger partial charge in [0, 0.05) is 28.4 Å². The number of anilines is 1. The summed E-state index contributed by atoms with van der Waals surface area (Å²) in [4.78, 5) is 26.0. The van der Waals surface area contributed by atoms with Crippen LogP contribution in [0.4, 0.5) is 5.69 Å². The van der Waals surface area contributed by atoms with Crippen molar-refractivity contribution in [2.75, 3.05) is 4.90 Å². The Kier molecular flexibility index (Phi) is 5.77. The summed E-state index contributed by atoms with van der Waals surface area (Å²) in [6.07, 6.45) is 0.355. The van der Waals surface area contributed by atoms with Crippen LogP contribution in [0.3, 0.4) is 0 Å². The van der Waals surface area contributed by atoms with Crippen LogP contribution < -0.4 is 4.90 Å². The third-order valence-electron chi connectivity index (χ3n) is 4.55. The van der Waals surface area contributed by atoms with Gasteiger partial charge in [0.05, 0.1) is 5.69 Å². The van der Waals surface area contributed by atoms with Crippen molar-refractivity contribution < 1.29 is 14.7 Å². The minimum atomic E-state index is -0.876. The average molecular weight is 382 g/mol. The van der Waals surface area contributed by atoms with Crippen LogP contribution >= 0.6 is 11.6 Å². The molecule has 0 fully saturated rings. The number of carbonyl (C=O) groups is 2. The van der Waals surface area contributed by atoms with Gasteiger partial charge in [0.2, 0.25) is 0 Å². The Labute approximate surface area is 163 Å². The van der Waals surface area contributed by atoms with Crippen molar-refractivity contribution in [3.63, 3.8) is 0 Å². The van der Waals surface area contributed by atoms with Crippen LogP contribution in [-0.4, -0.2) is 23.0 Å². The van der Waals surface area contributed by atoms with E-state index in [1.807, 2.05) is 49.4 Å². The lowest BCUT2D eigenvalue weighted by Gasteiger charge is -2.30. The van der Waals surface area contributed by atoms with E-state index in [-0.39, 0.29) is 18.4 Å². The first kappa shape index (κ1) is 18.9. The van der Waals surface area contributed by atoms with Gasteiger partial charge in [-0.05, 0) is 49.1 Å². The quantitative estimate of drug-likeness (QED) is 0.622. The number of benzene rings is 3. The van der Waals surface area contributed by atoms with E-state index in [9.17, 15) is 9.59 Å². The van der Waals surface area contributed by atoms with Crippen LogP contribution in [0.15, 0.2) is 66.7 Å². The molecule has 1 N–H and O–H groups in total. The highest BCUT2D eigenvalue weighted by atomic mass is 35.5. The standard InChI is InChI=1S/C22H20ClNO3/c1-15(9-14-21(25)26)24(22(27)17-10-12-18(23)13-11-17)20-8-4-6-16-5-2-3-7-19(16)20/h2-8,10-13,15H,9,14H2,1H3,(H,25,26). The Morgan fingerprint density at radius 3 is 2.37 bits per heavy atom. The lowest BCUT2D eigenvalue weighted by molar-refractivity contribution is -0.137. The zero-order valence-corrected chi connectivity index (χ0v) is 15.7. The maximum Gasteiger partial charge on any atom is 0.303 e. The van der Waals surface area contributed by atoms with Crippen molar-refractivity contribution in [3.05, 3.63) is 77.3 Å². The molecule has 5 heteroatoms. The maximum absolute atomic E-state index is 13.3. The van der Waals surface area contributed by atoms with Gasteiger partial charge >= 0.3 is 5.97 Å². The van der Waals surface area contributed by atoms with E-state index in [0.29, 0.717) is 17.0 Å². The molecule has 1 amide bonds. The summed E-state index contributed by atoms with van der Waals surface area (Å²) in [5, 5.41) is 11.6. The van der Waals surface area contributed by atoms with Gasteiger partial charge in [-0.1, -0.05) is 48.0 Å². The van der Waals surface area contributed by atoms with Crippen LogP contribution in [0.2, 0.25) is 5.02 Å². The minimum absolute atomic E-state index is 0.00364. The maximum atomic E-state index is 13.3. The number of hydrogen-bond donors (Lipinski definition) is 1. The summed E-state index contributed by atoms with van der Waals surface area (Å²) in [5.41, 5.74) is 1.28. The molecule has 0 aliphatic rings. The molecule has 3 aromatic carbocycles. The first-order valence-corrected chi connectivity index (χ1v) is 9.14. The molecular weight excluding hydrogens is 362 g/mol. The number of hydrogen-bond acceptors (Lipinski definition) is 2. The minimum Gasteiger partial charge on any atom is -0.481 e. The normalized spacial score (nSPS) is 11.9. The van der Waals surface area contributed by atoms with Crippen LogP contribution in [0, 0.1) is 0 Å². The number of rotatable bonds is 6. The van der Waals surface area contributed by atoms with Crippen LogP contribution in [0.5, 0.6) is 0 Å². The number of carbonyl (C=O) groups excluding carboxylic acids is 1. The fourth-order valence-electron chi connectivity index (χ4n) is 3.16. The second-order valence-electron chi connectivity index (χ2n) is 6.46.